The van der Waals surface area contributed by atoms with E-state index < -0.39 is 0 Å². The van der Waals surface area contributed by atoms with E-state index in [1.165, 1.54) is 0 Å². The third-order valence-corrected chi connectivity index (χ3v) is 3.62. The summed E-state index contributed by atoms with van der Waals surface area (Å²) < 4.78 is 5.33. The van der Waals surface area contributed by atoms with Gasteiger partial charge in [0.25, 0.3) is 0 Å². The number of carbonyl (C=O) groups is 1. The molecule has 98 valence electrons. The smallest absolute Gasteiger partial charge is 0.167 e. The van der Waals surface area contributed by atoms with E-state index >= 15 is 0 Å². The van der Waals surface area contributed by atoms with Crippen molar-refractivity contribution < 1.29 is 9.53 Å². The molecule has 3 nitrogen and oxygen atoms in total. The molecule has 1 atom stereocenters. The van der Waals surface area contributed by atoms with Crippen molar-refractivity contribution in [1.29, 1.82) is 0 Å². The van der Waals surface area contributed by atoms with Crippen molar-refractivity contribution in [3.8, 4) is 5.75 Å². The Balaban J connectivity index is 2.25. The van der Waals surface area contributed by atoms with Gasteiger partial charge in [0.15, 0.2) is 5.78 Å². The summed E-state index contributed by atoms with van der Waals surface area (Å²) in [6.45, 7) is 5.82. The van der Waals surface area contributed by atoms with Gasteiger partial charge < -0.3 is 10.1 Å². The zero-order chi connectivity index (χ0) is 13.1. The largest absolute Gasteiger partial charge is 0.496 e. The fourth-order valence-corrected chi connectivity index (χ4v) is 2.73. The lowest BCUT2D eigenvalue weighted by Gasteiger charge is -2.22. The normalized spacial score (nSPS) is 19.6. The second kappa shape index (κ2) is 5.53. The number of rotatable bonds is 3. The monoisotopic (exact) mass is 247 g/mol. The van der Waals surface area contributed by atoms with Crippen molar-refractivity contribution in [2.24, 2.45) is 5.92 Å². The van der Waals surface area contributed by atoms with Crippen LogP contribution in [0.3, 0.4) is 0 Å². The molecule has 2 rings (SSSR count). The van der Waals surface area contributed by atoms with E-state index in [1.54, 1.807) is 7.11 Å². The van der Waals surface area contributed by atoms with Crippen LogP contribution in [0, 0.1) is 19.8 Å². The third kappa shape index (κ3) is 2.56. The van der Waals surface area contributed by atoms with Crippen LogP contribution in [0.1, 0.15) is 34.3 Å². The minimum absolute atomic E-state index is 0.131. The number of hydrogen-bond donors (Lipinski definition) is 1. The van der Waals surface area contributed by atoms with Crippen molar-refractivity contribution >= 4 is 5.78 Å². The highest BCUT2D eigenvalue weighted by Crippen LogP contribution is 2.26. The second-order valence-corrected chi connectivity index (χ2v) is 5.05. The number of Topliss-reactive ketones (excluding diaryl/α,β-unsaturated/α-hetero) is 1. The summed E-state index contributed by atoms with van der Waals surface area (Å²) in [5.41, 5.74) is 2.88. The van der Waals surface area contributed by atoms with E-state index in [-0.39, 0.29) is 11.7 Å². The number of hydrogen-bond acceptors (Lipinski definition) is 3. The zero-order valence-corrected chi connectivity index (χ0v) is 11.4. The molecule has 0 aliphatic carbocycles. The van der Waals surface area contributed by atoms with Gasteiger partial charge in [-0.25, -0.2) is 0 Å². The molecular weight excluding hydrogens is 226 g/mol. The molecule has 1 fully saturated rings. The Morgan fingerprint density at radius 3 is 2.50 bits per heavy atom. The lowest BCUT2D eigenvalue weighted by molar-refractivity contribution is 0.0899. The third-order valence-electron chi connectivity index (χ3n) is 3.62. The van der Waals surface area contributed by atoms with Gasteiger partial charge in [0, 0.05) is 18.0 Å². The zero-order valence-electron chi connectivity index (χ0n) is 11.4. The molecule has 1 aromatic carbocycles. The molecule has 0 bridgehead atoms. The molecule has 1 aliphatic rings. The lowest BCUT2D eigenvalue weighted by Crippen LogP contribution is -2.34. The molecule has 1 aromatic rings. The Hall–Kier alpha value is -1.35. The van der Waals surface area contributed by atoms with E-state index in [1.807, 2.05) is 26.0 Å². The molecule has 18 heavy (non-hydrogen) atoms. The number of ether oxygens (including phenoxy) is 1. The first-order valence-corrected chi connectivity index (χ1v) is 6.53. The first kappa shape index (κ1) is 13.1. The Bertz CT molecular complexity index is 425. The molecule has 1 aliphatic heterocycles. The van der Waals surface area contributed by atoms with Crippen molar-refractivity contribution in [1.82, 2.24) is 5.32 Å². The number of piperidine rings is 1. The predicted molar refractivity (Wildman–Crippen MR) is 72.4 cm³/mol. The van der Waals surface area contributed by atoms with E-state index in [0.717, 1.165) is 48.4 Å². The lowest BCUT2D eigenvalue weighted by atomic mass is 9.89. The molecule has 1 N–H and O–H groups in total. The van der Waals surface area contributed by atoms with Crippen LogP contribution < -0.4 is 10.1 Å². The summed E-state index contributed by atoms with van der Waals surface area (Å²) in [6.07, 6.45) is 2.08. The Morgan fingerprint density at radius 1 is 1.33 bits per heavy atom. The summed E-state index contributed by atoms with van der Waals surface area (Å²) in [5, 5.41) is 3.29. The van der Waals surface area contributed by atoms with Gasteiger partial charge in [0.1, 0.15) is 5.75 Å². The maximum absolute atomic E-state index is 12.4. The van der Waals surface area contributed by atoms with Crippen LogP contribution in [0.25, 0.3) is 0 Å². The number of aryl methyl sites for hydroxylation is 2. The Labute approximate surface area is 109 Å². The number of nitrogens with one attached hydrogen (secondary N) is 1. The van der Waals surface area contributed by atoms with Gasteiger partial charge >= 0.3 is 0 Å². The highest BCUT2D eigenvalue weighted by Gasteiger charge is 2.23. The van der Waals surface area contributed by atoms with Gasteiger partial charge in [0.2, 0.25) is 0 Å². The summed E-state index contributed by atoms with van der Waals surface area (Å²) in [6, 6.07) is 3.89. The van der Waals surface area contributed by atoms with E-state index in [9.17, 15) is 4.79 Å². The molecule has 3 heteroatoms. The summed E-state index contributed by atoms with van der Waals surface area (Å²) in [4.78, 5) is 12.4. The molecule has 0 spiro atoms. The van der Waals surface area contributed by atoms with Crippen LogP contribution in [0.4, 0.5) is 0 Å². The Morgan fingerprint density at radius 2 is 2.00 bits per heavy atom. The van der Waals surface area contributed by atoms with Crippen LogP contribution in [-0.4, -0.2) is 26.0 Å². The van der Waals surface area contributed by atoms with E-state index in [0.29, 0.717) is 0 Å². The van der Waals surface area contributed by atoms with Crippen molar-refractivity contribution in [2.75, 3.05) is 20.2 Å². The SMILES string of the molecule is COc1c(C)cc(C(=O)[C@@H]2CCCNC2)cc1C. The maximum Gasteiger partial charge on any atom is 0.167 e. The van der Waals surface area contributed by atoms with Crippen LogP contribution in [0.15, 0.2) is 12.1 Å². The molecule has 0 aromatic heterocycles. The topological polar surface area (TPSA) is 38.3 Å². The minimum atomic E-state index is 0.131. The maximum atomic E-state index is 12.4. The van der Waals surface area contributed by atoms with Crippen LogP contribution in [0.2, 0.25) is 0 Å². The van der Waals surface area contributed by atoms with Gasteiger partial charge in [0.05, 0.1) is 7.11 Å². The molecule has 0 saturated carbocycles. The minimum Gasteiger partial charge on any atom is -0.496 e. The van der Waals surface area contributed by atoms with Gasteiger partial charge in [-0.1, -0.05) is 0 Å². The average molecular weight is 247 g/mol. The summed E-state index contributed by atoms with van der Waals surface area (Å²) >= 11 is 0. The number of carbonyl (C=O) groups excluding carboxylic acids is 1. The van der Waals surface area contributed by atoms with Gasteiger partial charge in [-0.3, -0.25) is 4.79 Å². The standard InChI is InChI=1S/C15H21NO2/c1-10-7-13(8-11(2)15(10)18-3)14(17)12-5-4-6-16-9-12/h7-8,12,16H,4-6,9H2,1-3H3/t12-/m1/s1. The molecule has 0 radical (unpaired) electrons. The number of ketones is 1. The fourth-order valence-electron chi connectivity index (χ4n) is 2.73. The van der Waals surface area contributed by atoms with Gasteiger partial charge in [-0.2, -0.15) is 0 Å². The molecule has 0 amide bonds. The van der Waals surface area contributed by atoms with Crippen molar-refractivity contribution in [2.45, 2.75) is 26.7 Å². The van der Waals surface area contributed by atoms with E-state index in [4.69, 9.17) is 4.74 Å². The van der Waals surface area contributed by atoms with Gasteiger partial charge in [-0.05, 0) is 56.5 Å². The first-order valence-electron chi connectivity index (χ1n) is 6.53. The Kier molecular flexibility index (Phi) is 4.02. The molecule has 1 heterocycles. The van der Waals surface area contributed by atoms with Crippen LogP contribution >= 0.6 is 0 Å². The molecular formula is C15H21NO2. The van der Waals surface area contributed by atoms with Crippen LogP contribution in [0.5, 0.6) is 5.75 Å². The summed E-state index contributed by atoms with van der Waals surface area (Å²) in [7, 11) is 1.67. The second-order valence-electron chi connectivity index (χ2n) is 5.05. The predicted octanol–water partition coefficient (Wildman–Crippen LogP) is 2.49. The van der Waals surface area contributed by atoms with Crippen molar-refractivity contribution in [3.05, 3.63) is 28.8 Å². The van der Waals surface area contributed by atoms with Crippen LogP contribution in [-0.2, 0) is 0 Å². The fraction of sp³-hybridized carbons (Fsp3) is 0.533. The van der Waals surface area contributed by atoms with Crippen molar-refractivity contribution in [3.63, 3.8) is 0 Å². The quantitative estimate of drug-likeness (QED) is 0.834. The molecule has 0 unspecified atom stereocenters. The van der Waals surface area contributed by atoms with Gasteiger partial charge in [-0.15, -0.1) is 0 Å². The summed E-state index contributed by atoms with van der Waals surface area (Å²) in [5.74, 6) is 1.27. The average Bonchev–Trinajstić information content (AvgIpc) is 2.38. The molecule has 1 saturated heterocycles. The first-order chi connectivity index (χ1) is 8.63. The van der Waals surface area contributed by atoms with E-state index in [2.05, 4.69) is 5.32 Å². The number of methoxy groups -OCH3 is 1. The number of benzene rings is 1. The highest BCUT2D eigenvalue weighted by molar-refractivity contribution is 5.98. The highest BCUT2D eigenvalue weighted by atomic mass is 16.5.